The molecule has 0 aliphatic carbocycles. The van der Waals surface area contributed by atoms with Gasteiger partial charge in [-0.1, -0.05) is 28.4 Å². The quantitative estimate of drug-likeness (QED) is 0.240. The van der Waals surface area contributed by atoms with Gasteiger partial charge >= 0.3 is 12.4 Å². The zero-order chi connectivity index (χ0) is 28.2. The molecule has 0 saturated carbocycles. The van der Waals surface area contributed by atoms with Gasteiger partial charge in [0.15, 0.2) is 11.6 Å². The average molecular weight is 584 g/mol. The summed E-state index contributed by atoms with van der Waals surface area (Å²) in [7, 11) is 1.19. The number of nitrogens with one attached hydrogen (secondary N) is 1. The molecule has 0 radical (unpaired) electrons. The molecule has 202 valence electrons. The van der Waals surface area contributed by atoms with Crippen LogP contribution in [-0.4, -0.2) is 51.4 Å². The maximum atomic E-state index is 13.2. The SMILES string of the molecule is C/C(=N\Nc1ncc(C(F)(F)F)cc1Cl)C1=NO[C@H]2C(=O)N(N(C)c3ncc(C(F)(F)F)cc3Cl)C(=O)[C@H]12. The van der Waals surface area contributed by atoms with Crippen LogP contribution in [0.5, 0.6) is 0 Å². The van der Waals surface area contributed by atoms with Crippen LogP contribution in [0.25, 0.3) is 0 Å². The highest BCUT2D eigenvalue weighted by molar-refractivity contribution is 6.47. The van der Waals surface area contributed by atoms with Crippen molar-refractivity contribution in [3.63, 3.8) is 0 Å². The standard InChI is InChI=1S/C20H13Cl2F6N7O3/c1-7(31-32-15-10(21)3-8(5-29-15)19(23,24)25)13-12-14(38-33-13)18(37)35(17(12)36)34(2)16-11(22)4-9(6-30-16)20(26,27)28/h3-6,12,14H,1-2H3,(H,29,32)/b31-7+/t12-,14-/m1/s1. The number of anilines is 2. The predicted octanol–water partition coefficient (Wildman–Crippen LogP) is 4.40. The Balaban J connectivity index is 1.53. The van der Waals surface area contributed by atoms with Crippen molar-refractivity contribution in [1.82, 2.24) is 15.0 Å². The first-order valence-corrected chi connectivity index (χ1v) is 11.0. The van der Waals surface area contributed by atoms with Crippen LogP contribution < -0.4 is 10.4 Å². The minimum absolute atomic E-state index is 0.00612. The molecule has 0 bridgehead atoms. The van der Waals surface area contributed by atoms with Crippen LogP contribution in [-0.2, 0) is 26.8 Å². The number of rotatable bonds is 5. The summed E-state index contributed by atoms with van der Waals surface area (Å²) in [5.41, 5.74) is 0.0691. The Morgan fingerprint density at radius 1 is 1.03 bits per heavy atom. The molecular weight excluding hydrogens is 571 g/mol. The summed E-state index contributed by atoms with van der Waals surface area (Å²) < 4.78 is 77.2. The van der Waals surface area contributed by atoms with E-state index in [0.29, 0.717) is 29.5 Å². The van der Waals surface area contributed by atoms with Crippen molar-refractivity contribution in [2.75, 3.05) is 17.5 Å². The zero-order valence-corrected chi connectivity index (χ0v) is 20.4. The number of hydrogen-bond donors (Lipinski definition) is 1. The van der Waals surface area contributed by atoms with Crippen LogP contribution in [0, 0.1) is 5.92 Å². The van der Waals surface area contributed by atoms with E-state index >= 15 is 0 Å². The van der Waals surface area contributed by atoms with E-state index in [0.717, 1.165) is 5.01 Å². The van der Waals surface area contributed by atoms with Gasteiger partial charge in [-0.3, -0.25) is 20.0 Å². The van der Waals surface area contributed by atoms with E-state index in [1.165, 1.54) is 14.0 Å². The molecule has 2 aromatic rings. The van der Waals surface area contributed by atoms with Crippen molar-refractivity contribution in [3.05, 3.63) is 45.7 Å². The lowest BCUT2D eigenvalue weighted by Gasteiger charge is -2.28. The van der Waals surface area contributed by atoms with Gasteiger partial charge in [0.05, 0.1) is 26.9 Å². The summed E-state index contributed by atoms with van der Waals surface area (Å²) in [6, 6.07) is 1.24. The molecule has 2 atom stereocenters. The molecule has 2 aliphatic rings. The highest BCUT2D eigenvalue weighted by atomic mass is 35.5. The second-order valence-electron chi connectivity index (χ2n) is 7.88. The first-order valence-electron chi connectivity index (χ1n) is 10.2. The van der Waals surface area contributed by atoms with E-state index in [4.69, 9.17) is 28.0 Å². The van der Waals surface area contributed by atoms with Gasteiger partial charge in [0.25, 0.3) is 11.8 Å². The molecule has 0 unspecified atom stereocenters. The Morgan fingerprint density at radius 2 is 1.61 bits per heavy atom. The van der Waals surface area contributed by atoms with Crippen molar-refractivity contribution in [2.45, 2.75) is 25.4 Å². The Morgan fingerprint density at radius 3 is 2.16 bits per heavy atom. The van der Waals surface area contributed by atoms with Crippen molar-refractivity contribution in [1.29, 1.82) is 0 Å². The smallest absolute Gasteiger partial charge is 0.381 e. The number of fused-ring (bicyclic) bond motifs is 1. The fourth-order valence-corrected chi connectivity index (χ4v) is 4.04. The zero-order valence-electron chi connectivity index (χ0n) is 18.9. The average Bonchev–Trinajstić information content (AvgIpc) is 3.36. The number of aromatic nitrogens is 2. The third-order valence-electron chi connectivity index (χ3n) is 5.41. The monoisotopic (exact) mass is 583 g/mol. The third-order valence-corrected chi connectivity index (χ3v) is 5.98. The maximum absolute atomic E-state index is 13.2. The van der Waals surface area contributed by atoms with Crippen LogP contribution in [0.3, 0.4) is 0 Å². The number of halogens is 8. The number of hydrazine groups is 1. The molecule has 2 aliphatic heterocycles. The normalized spacial score (nSPS) is 19.9. The number of imide groups is 1. The fourth-order valence-electron chi connectivity index (χ4n) is 3.54. The minimum Gasteiger partial charge on any atom is -0.381 e. The van der Waals surface area contributed by atoms with Gasteiger partial charge in [0.1, 0.15) is 11.6 Å². The van der Waals surface area contributed by atoms with Gasteiger partial charge in [-0.15, -0.1) is 0 Å². The number of amides is 2. The molecule has 18 heteroatoms. The van der Waals surface area contributed by atoms with Gasteiger partial charge in [-0.2, -0.15) is 36.5 Å². The van der Waals surface area contributed by atoms with E-state index < -0.39 is 52.3 Å². The summed E-state index contributed by atoms with van der Waals surface area (Å²) in [5.74, 6) is -3.59. The van der Waals surface area contributed by atoms with Crippen molar-refractivity contribution in [2.24, 2.45) is 16.2 Å². The number of alkyl halides is 6. The van der Waals surface area contributed by atoms with Crippen LogP contribution in [0.4, 0.5) is 38.0 Å². The van der Waals surface area contributed by atoms with Crippen LogP contribution in [0.15, 0.2) is 34.8 Å². The van der Waals surface area contributed by atoms with E-state index in [9.17, 15) is 35.9 Å². The Kier molecular flexibility index (Phi) is 6.90. The number of carbonyl (C=O) groups excluding carboxylic acids is 2. The molecule has 38 heavy (non-hydrogen) atoms. The summed E-state index contributed by atoms with van der Waals surface area (Å²) in [6.45, 7) is 1.37. The maximum Gasteiger partial charge on any atom is 0.417 e. The first kappa shape index (κ1) is 27.4. The van der Waals surface area contributed by atoms with Crippen molar-refractivity contribution < 1.29 is 40.8 Å². The molecule has 1 N–H and O–H groups in total. The van der Waals surface area contributed by atoms with Crippen LogP contribution in [0.1, 0.15) is 18.1 Å². The van der Waals surface area contributed by atoms with E-state index in [-0.39, 0.29) is 28.1 Å². The number of nitrogens with zero attached hydrogens (tertiary/aromatic N) is 6. The summed E-state index contributed by atoms with van der Waals surface area (Å²) in [4.78, 5) is 38.4. The number of carbonyl (C=O) groups is 2. The largest absolute Gasteiger partial charge is 0.417 e. The molecule has 1 fully saturated rings. The third kappa shape index (κ3) is 4.92. The highest BCUT2D eigenvalue weighted by Gasteiger charge is 2.58. The molecule has 2 aromatic heterocycles. The Labute approximate surface area is 218 Å². The Hall–Kier alpha value is -3.66. The van der Waals surface area contributed by atoms with Crippen LogP contribution in [0.2, 0.25) is 10.0 Å². The summed E-state index contributed by atoms with van der Waals surface area (Å²) in [6.07, 6.45) is -9.75. The highest BCUT2D eigenvalue weighted by Crippen LogP contribution is 2.37. The molecule has 4 rings (SSSR count). The lowest BCUT2D eigenvalue weighted by atomic mass is 9.97. The van der Waals surface area contributed by atoms with Crippen LogP contribution >= 0.6 is 23.2 Å². The second kappa shape index (κ2) is 9.58. The predicted molar refractivity (Wildman–Crippen MR) is 121 cm³/mol. The van der Waals surface area contributed by atoms with Crippen molar-refractivity contribution >= 4 is 58.1 Å². The first-order chi connectivity index (χ1) is 17.6. The number of hydrogen-bond acceptors (Lipinski definition) is 9. The molecular formula is C20H13Cl2F6N7O3. The topological polar surface area (TPSA) is 112 Å². The summed E-state index contributed by atoms with van der Waals surface area (Å²) >= 11 is 11.8. The van der Waals surface area contributed by atoms with E-state index in [1.807, 2.05) is 0 Å². The molecule has 2 amide bonds. The Bertz CT molecular complexity index is 1380. The molecule has 0 aromatic carbocycles. The number of oxime groups is 1. The van der Waals surface area contributed by atoms with Crippen molar-refractivity contribution in [3.8, 4) is 0 Å². The fraction of sp³-hybridized carbons (Fsp3) is 0.300. The van der Waals surface area contributed by atoms with Gasteiger partial charge in [-0.05, 0) is 19.1 Å². The van der Waals surface area contributed by atoms with Gasteiger partial charge in [0, 0.05) is 19.4 Å². The van der Waals surface area contributed by atoms with Gasteiger partial charge in [-0.25, -0.2) is 9.97 Å². The number of pyridine rings is 2. The lowest BCUT2D eigenvalue weighted by molar-refractivity contribution is -0.143. The van der Waals surface area contributed by atoms with Gasteiger partial charge in [0.2, 0.25) is 6.10 Å². The lowest BCUT2D eigenvalue weighted by Crippen LogP contribution is -2.46. The molecule has 4 heterocycles. The van der Waals surface area contributed by atoms with E-state index in [2.05, 4.69) is 25.7 Å². The molecule has 1 saturated heterocycles. The minimum atomic E-state index is -4.71. The number of hydrazone groups is 1. The summed E-state index contributed by atoms with van der Waals surface area (Å²) in [5, 5.41) is 8.24. The second-order valence-corrected chi connectivity index (χ2v) is 8.69. The molecule has 0 spiro atoms. The van der Waals surface area contributed by atoms with E-state index in [1.54, 1.807) is 0 Å². The van der Waals surface area contributed by atoms with Gasteiger partial charge < -0.3 is 4.84 Å². The molecule has 10 nitrogen and oxygen atoms in total.